The van der Waals surface area contributed by atoms with Crippen LogP contribution in [-0.4, -0.2) is 35.7 Å². The van der Waals surface area contributed by atoms with Gasteiger partial charge in [0.2, 0.25) is 0 Å². The topological polar surface area (TPSA) is 102 Å². The first-order chi connectivity index (χ1) is 9.01. The average Bonchev–Trinajstić information content (AvgIpc) is 2.75. The minimum absolute atomic E-state index is 0.0539. The number of hydrogen-bond donors (Lipinski definition) is 2. The van der Waals surface area contributed by atoms with Crippen LogP contribution in [0, 0.1) is 0 Å². The first kappa shape index (κ1) is 13.4. The Kier molecular flexibility index (Phi) is 3.76. The fourth-order valence-electron chi connectivity index (χ4n) is 1.49. The maximum atomic E-state index is 12.0. The molecule has 0 spiro atoms. The van der Waals surface area contributed by atoms with Gasteiger partial charge in [-0.3, -0.25) is 0 Å². The molecule has 2 rings (SSSR count). The molecule has 0 aliphatic rings. The molecule has 2 N–H and O–H groups in total. The Balaban J connectivity index is 2.19. The third-order valence-corrected chi connectivity index (χ3v) is 3.69. The normalized spacial score (nSPS) is 11.5. The summed E-state index contributed by atoms with van der Waals surface area (Å²) in [4.78, 5) is 1.33. The lowest BCUT2D eigenvalue weighted by Gasteiger charge is -2.05. The molecule has 9 heteroatoms. The third-order valence-electron chi connectivity index (χ3n) is 2.35. The highest BCUT2D eigenvalue weighted by atomic mass is 32.2. The van der Waals surface area contributed by atoms with Crippen molar-refractivity contribution in [1.82, 2.24) is 25.5 Å². The van der Waals surface area contributed by atoms with Crippen LogP contribution in [0.5, 0.6) is 0 Å². The fraction of sp³-hybridized carbons (Fsp3) is 0.300. The molecule has 0 bridgehead atoms. The van der Waals surface area contributed by atoms with Crippen LogP contribution >= 0.6 is 0 Å². The number of rotatable bonds is 5. The number of aromatic nitrogens is 4. The molecule has 0 amide bonds. The molecule has 102 valence electrons. The van der Waals surface area contributed by atoms with Gasteiger partial charge in [-0.1, -0.05) is 17.2 Å². The van der Waals surface area contributed by atoms with Crippen molar-refractivity contribution < 1.29 is 8.42 Å². The molecule has 1 aromatic heterocycles. The molecule has 1 heterocycles. The van der Waals surface area contributed by atoms with Gasteiger partial charge in [0, 0.05) is 6.54 Å². The SMILES string of the molecule is CNCc1ccc(S(=O)(=O)Nc2nnn(C)n2)cc1. The number of hydrogen-bond acceptors (Lipinski definition) is 6. The molecule has 0 atom stereocenters. The molecule has 0 unspecified atom stereocenters. The van der Waals surface area contributed by atoms with E-state index in [2.05, 4.69) is 25.4 Å². The Hall–Kier alpha value is -2.00. The maximum absolute atomic E-state index is 12.0. The van der Waals surface area contributed by atoms with Crippen LogP contribution in [0.1, 0.15) is 5.56 Å². The zero-order valence-electron chi connectivity index (χ0n) is 10.5. The summed E-state index contributed by atoms with van der Waals surface area (Å²) in [6.45, 7) is 0.680. The van der Waals surface area contributed by atoms with Crippen molar-refractivity contribution in [3.63, 3.8) is 0 Å². The molecule has 1 aromatic carbocycles. The first-order valence-corrected chi connectivity index (χ1v) is 7.00. The van der Waals surface area contributed by atoms with Gasteiger partial charge in [0.1, 0.15) is 0 Å². The molecule has 8 nitrogen and oxygen atoms in total. The number of benzene rings is 1. The molecule has 19 heavy (non-hydrogen) atoms. The highest BCUT2D eigenvalue weighted by molar-refractivity contribution is 7.92. The van der Waals surface area contributed by atoms with Gasteiger partial charge in [-0.05, 0) is 30.0 Å². The van der Waals surface area contributed by atoms with E-state index in [1.807, 2.05) is 7.05 Å². The van der Waals surface area contributed by atoms with Crippen LogP contribution in [0.2, 0.25) is 0 Å². The highest BCUT2D eigenvalue weighted by Gasteiger charge is 2.16. The lowest BCUT2D eigenvalue weighted by molar-refractivity contribution is 0.600. The predicted octanol–water partition coefficient (Wildman–Crippen LogP) is -0.270. The van der Waals surface area contributed by atoms with E-state index in [9.17, 15) is 8.42 Å². The Labute approximate surface area is 110 Å². The zero-order chi connectivity index (χ0) is 13.9. The number of tetrazole rings is 1. The highest BCUT2D eigenvalue weighted by Crippen LogP contribution is 2.13. The van der Waals surface area contributed by atoms with Crippen molar-refractivity contribution in [2.24, 2.45) is 7.05 Å². The van der Waals surface area contributed by atoms with Crippen LogP contribution in [0.4, 0.5) is 5.95 Å². The molecule has 0 aliphatic carbocycles. The molecular formula is C10H14N6O2S. The fourth-order valence-corrected chi connectivity index (χ4v) is 2.43. The van der Waals surface area contributed by atoms with Gasteiger partial charge in [0.25, 0.3) is 16.0 Å². The van der Waals surface area contributed by atoms with Crippen LogP contribution in [0.15, 0.2) is 29.2 Å². The molecule has 0 saturated carbocycles. The van der Waals surface area contributed by atoms with Gasteiger partial charge in [-0.15, -0.1) is 5.10 Å². The quantitative estimate of drug-likeness (QED) is 0.782. The Morgan fingerprint density at radius 1 is 1.26 bits per heavy atom. The van der Waals surface area contributed by atoms with Gasteiger partial charge < -0.3 is 5.32 Å². The van der Waals surface area contributed by atoms with E-state index < -0.39 is 10.0 Å². The van der Waals surface area contributed by atoms with Gasteiger partial charge >= 0.3 is 0 Å². The minimum Gasteiger partial charge on any atom is -0.316 e. The Bertz CT molecular complexity index is 649. The number of nitrogens with zero attached hydrogens (tertiary/aromatic N) is 4. The number of aryl methyl sites for hydroxylation is 1. The smallest absolute Gasteiger partial charge is 0.277 e. The monoisotopic (exact) mass is 282 g/mol. The van der Waals surface area contributed by atoms with E-state index in [4.69, 9.17) is 0 Å². The summed E-state index contributed by atoms with van der Waals surface area (Å²) in [6, 6.07) is 6.56. The lowest BCUT2D eigenvalue weighted by Crippen LogP contribution is -2.14. The second kappa shape index (κ2) is 5.33. The van der Waals surface area contributed by atoms with Crippen molar-refractivity contribution in [2.75, 3.05) is 11.8 Å². The second-order valence-electron chi connectivity index (χ2n) is 3.88. The van der Waals surface area contributed by atoms with E-state index in [-0.39, 0.29) is 10.8 Å². The van der Waals surface area contributed by atoms with Crippen molar-refractivity contribution in [3.8, 4) is 0 Å². The van der Waals surface area contributed by atoms with Gasteiger partial charge in [-0.25, -0.2) is 13.1 Å². The Morgan fingerprint density at radius 2 is 1.95 bits per heavy atom. The first-order valence-electron chi connectivity index (χ1n) is 5.51. The predicted molar refractivity (Wildman–Crippen MR) is 68.8 cm³/mol. The van der Waals surface area contributed by atoms with Crippen molar-refractivity contribution >= 4 is 16.0 Å². The zero-order valence-corrected chi connectivity index (χ0v) is 11.3. The summed E-state index contributed by atoms with van der Waals surface area (Å²) >= 11 is 0. The van der Waals surface area contributed by atoms with Crippen LogP contribution < -0.4 is 10.0 Å². The number of nitrogens with one attached hydrogen (secondary N) is 2. The number of sulfonamides is 1. The summed E-state index contributed by atoms with van der Waals surface area (Å²) in [5, 5.41) is 13.9. The third kappa shape index (κ3) is 3.26. The van der Waals surface area contributed by atoms with Crippen molar-refractivity contribution in [1.29, 1.82) is 0 Å². The van der Waals surface area contributed by atoms with E-state index in [0.29, 0.717) is 6.54 Å². The van der Waals surface area contributed by atoms with Gasteiger partial charge in [-0.2, -0.15) is 4.80 Å². The largest absolute Gasteiger partial charge is 0.316 e. The molecule has 0 radical (unpaired) electrons. The molecule has 0 saturated heterocycles. The molecule has 2 aromatic rings. The average molecular weight is 282 g/mol. The molecule has 0 fully saturated rings. The summed E-state index contributed by atoms with van der Waals surface area (Å²) in [5.41, 5.74) is 0.999. The molecule has 0 aliphatic heterocycles. The van der Waals surface area contributed by atoms with Crippen LogP contribution in [0.3, 0.4) is 0 Å². The standard InChI is InChI=1S/C10H14N6O2S/c1-11-7-8-3-5-9(6-4-8)19(17,18)14-10-12-15-16(2)13-10/h3-6,11H,7H2,1-2H3,(H,13,14). The van der Waals surface area contributed by atoms with Crippen LogP contribution in [-0.2, 0) is 23.6 Å². The maximum Gasteiger partial charge on any atom is 0.277 e. The summed E-state index contributed by atoms with van der Waals surface area (Å²) in [6.07, 6.45) is 0. The molecular weight excluding hydrogens is 268 g/mol. The van der Waals surface area contributed by atoms with Crippen molar-refractivity contribution in [3.05, 3.63) is 29.8 Å². The van der Waals surface area contributed by atoms with E-state index in [1.54, 1.807) is 19.2 Å². The Morgan fingerprint density at radius 3 is 2.47 bits per heavy atom. The second-order valence-corrected chi connectivity index (χ2v) is 5.56. The number of anilines is 1. The van der Waals surface area contributed by atoms with Gasteiger partial charge in [0.05, 0.1) is 11.9 Å². The lowest BCUT2D eigenvalue weighted by atomic mass is 10.2. The van der Waals surface area contributed by atoms with Gasteiger partial charge in [0.15, 0.2) is 0 Å². The minimum atomic E-state index is -3.68. The summed E-state index contributed by atoms with van der Waals surface area (Å²) < 4.78 is 26.3. The van der Waals surface area contributed by atoms with Crippen molar-refractivity contribution in [2.45, 2.75) is 11.4 Å². The van der Waals surface area contributed by atoms with E-state index in [1.165, 1.54) is 16.9 Å². The van der Waals surface area contributed by atoms with E-state index >= 15 is 0 Å². The van der Waals surface area contributed by atoms with Crippen LogP contribution in [0.25, 0.3) is 0 Å². The summed E-state index contributed by atoms with van der Waals surface area (Å²) in [5.74, 6) is -0.0539. The van der Waals surface area contributed by atoms with E-state index in [0.717, 1.165) is 5.56 Å². The summed E-state index contributed by atoms with van der Waals surface area (Å²) in [7, 11) is -0.302.